The van der Waals surface area contributed by atoms with Crippen molar-refractivity contribution in [3.05, 3.63) is 17.2 Å². The van der Waals surface area contributed by atoms with Crippen molar-refractivity contribution < 1.29 is 14.9 Å². The molecule has 0 saturated carbocycles. The van der Waals surface area contributed by atoms with E-state index in [0.29, 0.717) is 5.75 Å². The Balaban J connectivity index is 2.61. The van der Waals surface area contributed by atoms with Gasteiger partial charge in [0.2, 0.25) is 5.75 Å². The molecular weight excluding hydrogens is 194 g/mol. The molecule has 1 unspecified atom stereocenters. The van der Waals surface area contributed by atoms with Crippen molar-refractivity contribution in [1.82, 2.24) is 5.32 Å². The summed E-state index contributed by atoms with van der Waals surface area (Å²) < 4.78 is 5.00. The fourth-order valence-electron chi connectivity index (χ4n) is 2.07. The van der Waals surface area contributed by atoms with Gasteiger partial charge in [0.1, 0.15) is 0 Å². The van der Waals surface area contributed by atoms with E-state index in [4.69, 9.17) is 4.74 Å². The predicted molar refractivity (Wildman–Crippen MR) is 56.4 cm³/mol. The fraction of sp³-hybridized carbons (Fsp3) is 0.455. The summed E-state index contributed by atoms with van der Waals surface area (Å²) in [6.07, 6.45) is 0.837. The SMILES string of the molecule is COc1cc2c(c(O)c1O)C(C)NCC2. The minimum absolute atomic E-state index is 0.0607. The van der Waals surface area contributed by atoms with E-state index < -0.39 is 0 Å². The Morgan fingerprint density at radius 3 is 2.80 bits per heavy atom. The normalized spacial score (nSPS) is 19.7. The minimum Gasteiger partial charge on any atom is -0.504 e. The third kappa shape index (κ3) is 1.51. The Bertz CT molecular complexity index is 390. The molecular formula is C11H15NO3. The van der Waals surface area contributed by atoms with Gasteiger partial charge in [-0.15, -0.1) is 0 Å². The maximum absolute atomic E-state index is 9.86. The van der Waals surface area contributed by atoms with Crippen LogP contribution in [0.2, 0.25) is 0 Å². The second kappa shape index (κ2) is 3.62. The van der Waals surface area contributed by atoms with E-state index in [2.05, 4.69) is 5.32 Å². The van der Waals surface area contributed by atoms with Gasteiger partial charge in [0.15, 0.2) is 11.5 Å². The molecule has 4 heteroatoms. The molecule has 0 amide bonds. The molecule has 0 aliphatic carbocycles. The van der Waals surface area contributed by atoms with Crippen LogP contribution in [0.4, 0.5) is 0 Å². The average molecular weight is 209 g/mol. The third-order valence-electron chi connectivity index (χ3n) is 2.86. The summed E-state index contributed by atoms with van der Waals surface area (Å²) in [6, 6.07) is 1.85. The first-order chi connectivity index (χ1) is 7.15. The number of methoxy groups -OCH3 is 1. The number of phenols is 2. The van der Waals surface area contributed by atoms with Gasteiger partial charge in [0.25, 0.3) is 0 Å². The molecule has 0 bridgehead atoms. The lowest BCUT2D eigenvalue weighted by molar-refractivity contribution is 0.343. The molecule has 1 aromatic rings. The highest BCUT2D eigenvalue weighted by molar-refractivity contribution is 5.59. The molecule has 3 N–H and O–H groups in total. The van der Waals surface area contributed by atoms with Crippen LogP contribution in [-0.4, -0.2) is 23.9 Å². The third-order valence-corrected chi connectivity index (χ3v) is 2.86. The lowest BCUT2D eigenvalue weighted by Crippen LogP contribution is -2.27. The molecule has 82 valence electrons. The van der Waals surface area contributed by atoms with Gasteiger partial charge in [-0.3, -0.25) is 0 Å². The van der Waals surface area contributed by atoms with Crippen LogP contribution in [0.3, 0.4) is 0 Å². The molecule has 1 atom stereocenters. The summed E-state index contributed by atoms with van der Waals surface area (Å²) in [4.78, 5) is 0. The summed E-state index contributed by atoms with van der Waals surface area (Å²) in [7, 11) is 1.48. The molecule has 2 rings (SSSR count). The van der Waals surface area contributed by atoms with Gasteiger partial charge >= 0.3 is 0 Å². The van der Waals surface area contributed by atoms with Crippen LogP contribution < -0.4 is 10.1 Å². The van der Waals surface area contributed by atoms with Gasteiger partial charge < -0.3 is 20.3 Å². The highest BCUT2D eigenvalue weighted by Gasteiger charge is 2.24. The van der Waals surface area contributed by atoms with Gasteiger partial charge in [0, 0.05) is 11.6 Å². The van der Waals surface area contributed by atoms with E-state index >= 15 is 0 Å². The number of aromatic hydroxyl groups is 2. The fourth-order valence-corrected chi connectivity index (χ4v) is 2.07. The number of ether oxygens (including phenoxy) is 1. The lowest BCUT2D eigenvalue weighted by Gasteiger charge is -2.25. The standard InChI is InChI=1S/C11H15NO3/c1-6-9-7(3-4-12-6)5-8(15-2)10(13)11(9)14/h5-6,12-14H,3-4H2,1-2H3. The molecule has 1 aliphatic heterocycles. The van der Waals surface area contributed by atoms with Crippen molar-refractivity contribution in [3.8, 4) is 17.2 Å². The van der Waals surface area contributed by atoms with Crippen LogP contribution >= 0.6 is 0 Å². The van der Waals surface area contributed by atoms with Crippen LogP contribution in [0.15, 0.2) is 6.07 Å². The van der Waals surface area contributed by atoms with E-state index in [1.165, 1.54) is 7.11 Å². The van der Waals surface area contributed by atoms with E-state index in [1.807, 2.05) is 6.92 Å². The molecule has 0 fully saturated rings. The molecule has 1 aromatic carbocycles. The molecule has 0 saturated heterocycles. The largest absolute Gasteiger partial charge is 0.504 e. The van der Waals surface area contributed by atoms with Crippen LogP contribution in [0, 0.1) is 0 Å². The maximum atomic E-state index is 9.86. The van der Waals surface area contributed by atoms with Crippen molar-refractivity contribution in [2.24, 2.45) is 0 Å². The van der Waals surface area contributed by atoms with Crippen LogP contribution in [0.25, 0.3) is 0 Å². The van der Waals surface area contributed by atoms with Crippen molar-refractivity contribution in [1.29, 1.82) is 0 Å². The Labute approximate surface area is 88.5 Å². The lowest BCUT2D eigenvalue weighted by atomic mass is 9.93. The molecule has 0 radical (unpaired) electrons. The molecule has 0 aromatic heterocycles. The average Bonchev–Trinajstić information content (AvgIpc) is 2.23. The number of hydrogen-bond acceptors (Lipinski definition) is 4. The number of benzene rings is 1. The predicted octanol–water partition coefficient (Wildman–Crippen LogP) is 1.31. The Hall–Kier alpha value is -1.42. The zero-order chi connectivity index (χ0) is 11.0. The minimum atomic E-state index is -0.174. The summed E-state index contributed by atoms with van der Waals surface area (Å²) in [5, 5.41) is 22.8. The summed E-state index contributed by atoms with van der Waals surface area (Å²) in [6.45, 7) is 2.84. The van der Waals surface area contributed by atoms with Crippen LogP contribution in [0.1, 0.15) is 24.1 Å². The van der Waals surface area contributed by atoms with Crippen molar-refractivity contribution in [2.75, 3.05) is 13.7 Å². The van der Waals surface area contributed by atoms with Gasteiger partial charge in [-0.25, -0.2) is 0 Å². The quantitative estimate of drug-likeness (QED) is 0.610. The maximum Gasteiger partial charge on any atom is 0.200 e. The Morgan fingerprint density at radius 2 is 2.13 bits per heavy atom. The molecule has 4 nitrogen and oxygen atoms in total. The summed E-state index contributed by atoms with van der Waals surface area (Å²) in [5.74, 6) is 0.0937. The topological polar surface area (TPSA) is 61.7 Å². The highest BCUT2D eigenvalue weighted by atomic mass is 16.5. The number of rotatable bonds is 1. The van der Waals surface area contributed by atoms with Gasteiger partial charge in [-0.2, -0.15) is 0 Å². The Kier molecular flexibility index (Phi) is 2.44. The molecule has 15 heavy (non-hydrogen) atoms. The zero-order valence-electron chi connectivity index (χ0n) is 8.87. The molecule has 0 spiro atoms. The number of phenolic OH excluding ortho intramolecular Hbond substituents is 2. The number of nitrogens with one attached hydrogen (secondary N) is 1. The second-order valence-corrected chi connectivity index (χ2v) is 3.77. The van der Waals surface area contributed by atoms with Crippen LogP contribution in [-0.2, 0) is 6.42 Å². The van der Waals surface area contributed by atoms with Crippen molar-refractivity contribution >= 4 is 0 Å². The van der Waals surface area contributed by atoms with Crippen molar-refractivity contribution in [2.45, 2.75) is 19.4 Å². The van der Waals surface area contributed by atoms with Gasteiger partial charge in [-0.05, 0) is 31.5 Å². The second-order valence-electron chi connectivity index (χ2n) is 3.77. The van der Waals surface area contributed by atoms with E-state index in [1.54, 1.807) is 6.07 Å². The summed E-state index contributed by atoms with van der Waals surface area (Å²) >= 11 is 0. The first kappa shape index (κ1) is 10.1. The van der Waals surface area contributed by atoms with E-state index in [-0.39, 0.29) is 17.5 Å². The van der Waals surface area contributed by atoms with Gasteiger partial charge in [-0.1, -0.05) is 0 Å². The first-order valence-corrected chi connectivity index (χ1v) is 5.00. The molecule has 1 heterocycles. The van der Waals surface area contributed by atoms with Crippen LogP contribution in [0.5, 0.6) is 17.2 Å². The number of hydrogen-bond donors (Lipinski definition) is 3. The smallest absolute Gasteiger partial charge is 0.200 e. The van der Waals surface area contributed by atoms with Crippen molar-refractivity contribution in [3.63, 3.8) is 0 Å². The molecule has 1 aliphatic rings. The monoisotopic (exact) mass is 209 g/mol. The van der Waals surface area contributed by atoms with E-state index in [9.17, 15) is 10.2 Å². The number of fused-ring (bicyclic) bond motifs is 1. The first-order valence-electron chi connectivity index (χ1n) is 5.00. The Morgan fingerprint density at radius 1 is 1.40 bits per heavy atom. The van der Waals surface area contributed by atoms with E-state index in [0.717, 1.165) is 24.1 Å². The highest BCUT2D eigenvalue weighted by Crippen LogP contribution is 2.43. The van der Waals surface area contributed by atoms with Gasteiger partial charge in [0.05, 0.1) is 7.11 Å². The zero-order valence-corrected chi connectivity index (χ0v) is 8.87. The summed E-state index contributed by atoms with van der Waals surface area (Å²) in [5.41, 5.74) is 1.81.